The minimum Gasteiger partial charge on any atom is -0.497 e. The van der Waals surface area contributed by atoms with E-state index in [1.165, 1.54) is 4.90 Å². The smallest absolute Gasteiger partial charge is 0.306 e. The third kappa shape index (κ3) is 16.7. The molecule has 1 saturated heterocycles. The lowest BCUT2D eigenvalue weighted by Crippen LogP contribution is -2.57. The molecule has 1 heterocycles. The van der Waals surface area contributed by atoms with Crippen LogP contribution in [0.1, 0.15) is 66.8 Å². The molecule has 6 rings (SSSR count). The van der Waals surface area contributed by atoms with E-state index in [2.05, 4.69) is 50.4 Å². The zero-order valence-corrected chi connectivity index (χ0v) is 45.5. The number of methoxy groups -OCH3 is 2. The summed E-state index contributed by atoms with van der Waals surface area (Å²) >= 11 is 2.17. The molecule has 4 N–H and O–H groups in total. The van der Waals surface area contributed by atoms with Gasteiger partial charge in [-0.05, 0) is 100 Å². The Morgan fingerprint density at radius 1 is 0.697 bits per heavy atom. The molecule has 0 unspecified atom stereocenters. The van der Waals surface area contributed by atoms with Crippen molar-refractivity contribution < 1.29 is 52.5 Å². The van der Waals surface area contributed by atoms with Gasteiger partial charge in [-0.1, -0.05) is 103 Å². The third-order valence-corrected chi connectivity index (χ3v) is 13.5. The van der Waals surface area contributed by atoms with Crippen LogP contribution in [0.25, 0.3) is 0 Å². The normalized spacial score (nSPS) is 14.9. The Morgan fingerprint density at radius 2 is 1.32 bits per heavy atom. The van der Waals surface area contributed by atoms with Gasteiger partial charge in [0, 0.05) is 48.8 Å². The van der Waals surface area contributed by atoms with Crippen LogP contribution >= 0.6 is 22.6 Å². The number of hydrogen-bond acceptors (Lipinski definition) is 11. The highest BCUT2D eigenvalue weighted by Gasteiger charge is 2.44. The van der Waals surface area contributed by atoms with E-state index in [-0.39, 0.29) is 83.2 Å². The number of halogens is 1. The summed E-state index contributed by atoms with van der Waals surface area (Å²) in [6.45, 7) is 6.17. The number of esters is 1. The summed E-state index contributed by atoms with van der Waals surface area (Å²) < 4.78 is 30.6. The zero-order chi connectivity index (χ0) is 54.3. The molecule has 5 amide bonds. The topological polar surface area (TPSA) is 200 Å². The molecule has 0 radical (unpaired) electrons. The molecular formula is C59H68IN5O11. The van der Waals surface area contributed by atoms with Crippen LogP contribution in [0.5, 0.6) is 11.5 Å². The Labute approximate surface area is 458 Å². The van der Waals surface area contributed by atoms with Crippen molar-refractivity contribution in [3.05, 3.63) is 178 Å². The summed E-state index contributed by atoms with van der Waals surface area (Å²) in [6, 6.07) is 38.6. The quantitative estimate of drug-likeness (QED) is 0.0132. The van der Waals surface area contributed by atoms with Crippen LogP contribution in [0.15, 0.2) is 146 Å². The van der Waals surface area contributed by atoms with Crippen LogP contribution in [0.4, 0.5) is 0 Å². The molecule has 0 spiro atoms. The molecule has 1 aliphatic rings. The molecule has 17 heteroatoms. The number of allylic oxidation sites excluding steroid dienone is 1. The number of benzene rings is 5. The standard InChI is InChI=1S/C59H68IN5O11/c1-5-7-21-54(67)63-50(37-41-15-10-8-11-16-41)56(69)64-51(38-42-17-14-20-46(60)36-42)58(71)65-40-49(76-55(68)31-30-53(66)61-6-2)39-52(65)57(70)62-32-33-74-34-35-75-59(43-18-12-9-13-19-43,44-22-26-47(72-3)27-23-44)45-24-28-48(73-4)29-25-45/h5,8-20,22-29,36,49-52H,1,6-7,21,30-35,37-40H2,2-4H3,(H,61,66)(H,62,70)(H,63,67)(H,64,69)/t49-,50+,51+,52+/m1/s1. The second kappa shape index (κ2) is 29.9. The predicted molar refractivity (Wildman–Crippen MR) is 296 cm³/mol. The molecule has 0 saturated carbocycles. The highest BCUT2D eigenvalue weighted by molar-refractivity contribution is 14.1. The first-order valence-corrected chi connectivity index (χ1v) is 26.5. The van der Waals surface area contributed by atoms with Gasteiger partial charge in [0.2, 0.25) is 29.5 Å². The molecule has 0 aliphatic carbocycles. The van der Waals surface area contributed by atoms with Crippen molar-refractivity contribution in [1.29, 1.82) is 0 Å². The molecule has 16 nitrogen and oxygen atoms in total. The summed E-state index contributed by atoms with van der Waals surface area (Å²) in [4.78, 5) is 83.4. The molecule has 1 fully saturated rings. The van der Waals surface area contributed by atoms with Gasteiger partial charge in [-0.25, -0.2) is 0 Å². The van der Waals surface area contributed by atoms with Gasteiger partial charge >= 0.3 is 5.97 Å². The maximum atomic E-state index is 15.0. The molecule has 4 atom stereocenters. The Kier molecular flexibility index (Phi) is 22.9. The summed E-state index contributed by atoms with van der Waals surface area (Å²) in [5.41, 5.74) is 3.07. The van der Waals surface area contributed by atoms with Crippen LogP contribution in [-0.4, -0.2) is 118 Å². The van der Waals surface area contributed by atoms with Crippen LogP contribution in [0.2, 0.25) is 0 Å². The Hall–Kier alpha value is -7.09. The fourth-order valence-electron chi connectivity index (χ4n) is 9.05. The van der Waals surface area contributed by atoms with E-state index < -0.39 is 53.5 Å². The van der Waals surface area contributed by atoms with Crippen LogP contribution in [-0.2, 0) is 61.4 Å². The molecule has 5 aromatic rings. The SMILES string of the molecule is C=CCCC(=O)N[C@@H](Cc1ccccc1)C(=O)N[C@@H](Cc1cccc(I)c1)C(=O)N1C[C@H](OC(=O)CCC(=O)NCC)C[C@H]1C(=O)NCCOCCOC(c1ccccc1)(c1ccc(OC)cc1)c1ccc(OC)cc1. The number of carbonyl (C=O) groups excluding carboxylic acids is 6. The monoisotopic (exact) mass is 1150 g/mol. The van der Waals surface area contributed by atoms with Crippen molar-refractivity contribution in [2.45, 2.75) is 81.7 Å². The van der Waals surface area contributed by atoms with Gasteiger partial charge in [0.05, 0.1) is 47.0 Å². The molecule has 5 aromatic carbocycles. The number of hydrogen-bond donors (Lipinski definition) is 4. The predicted octanol–water partition coefficient (Wildman–Crippen LogP) is 6.60. The number of likely N-dealkylation sites (tertiary alicyclic amines) is 1. The van der Waals surface area contributed by atoms with Crippen LogP contribution in [0.3, 0.4) is 0 Å². The number of carbonyl (C=O) groups is 6. The number of ether oxygens (including phenoxy) is 5. The summed E-state index contributed by atoms with van der Waals surface area (Å²) in [7, 11) is 3.23. The largest absolute Gasteiger partial charge is 0.497 e. The first-order chi connectivity index (χ1) is 36.9. The zero-order valence-electron chi connectivity index (χ0n) is 43.3. The minimum absolute atomic E-state index is 0.0443. The second-order valence-corrected chi connectivity index (χ2v) is 19.3. The van der Waals surface area contributed by atoms with E-state index in [1.54, 1.807) is 27.2 Å². The van der Waals surface area contributed by atoms with Gasteiger partial charge in [0.1, 0.15) is 41.3 Å². The molecule has 0 bridgehead atoms. The van der Waals surface area contributed by atoms with Gasteiger partial charge in [-0.15, -0.1) is 6.58 Å². The third-order valence-electron chi connectivity index (χ3n) is 12.8. The fraction of sp³-hybridized carbons (Fsp3) is 0.356. The number of amides is 5. The summed E-state index contributed by atoms with van der Waals surface area (Å²) in [5, 5.41) is 11.3. The van der Waals surface area contributed by atoms with Crippen molar-refractivity contribution in [2.24, 2.45) is 0 Å². The average Bonchev–Trinajstić information content (AvgIpc) is 3.86. The van der Waals surface area contributed by atoms with Crippen molar-refractivity contribution >= 4 is 58.1 Å². The van der Waals surface area contributed by atoms with Gasteiger partial charge in [-0.2, -0.15) is 0 Å². The highest BCUT2D eigenvalue weighted by Crippen LogP contribution is 2.41. The Bertz CT molecular complexity index is 2640. The number of nitrogens with zero attached hydrogens (tertiary/aromatic N) is 1. The van der Waals surface area contributed by atoms with Gasteiger partial charge in [-0.3, -0.25) is 28.8 Å². The van der Waals surface area contributed by atoms with Gasteiger partial charge in [0.15, 0.2) is 0 Å². The van der Waals surface area contributed by atoms with Gasteiger partial charge in [0.25, 0.3) is 0 Å². The Morgan fingerprint density at radius 3 is 1.93 bits per heavy atom. The van der Waals surface area contributed by atoms with E-state index in [0.717, 1.165) is 31.4 Å². The van der Waals surface area contributed by atoms with Crippen molar-refractivity contribution in [3.63, 3.8) is 0 Å². The summed E-state index contributed by atoms with van der Waals surface area (Å²) in [6.07, 6.45) is 1.09. The van der Waals surface area contributed by atoms with Crippen molar-refractivity contribution in [1.82, 2.24) is 26.2 Å². The van der Waals surface area contributed by atoms with E-state index >= 15 is 4.79 Å². The molecule has 402 valence electrons. The lowest BCUT2D eigenvalue weighted by atomic mass is 9.80. The number of rotatable bonds is 29. The lowest BCUT2D eigenvalue weighted by Gasteiger charge is -2.36. The fourth-order valence-corrected chi connectivity index (χ4v) is 9.65. The average molecular weight is 1150 g/mol. The van der Waals surface area contributed by atoms with E-state index in [0.29, 0.717) is 24.5 Å². The van der Waals surface area contributed by atoms with E-state index in [1.807, 2.05) is 133 Å². The Balaban J connectivity index is 1.18. The number of nitrogens with one attached hydrogen (secondary N) is 4. The van der Waals surface area contributed by atoms with Crippen LogP contribution in [0, 0.1) is 3.57 Å². The first kappa shape index (κ1) is 58.2. The maximum Gasteiger partial charge on any atom is 0.306 e. The lowest BCUT2D eigenvalue weighted by molar-refractivity contribution is -0.150. The maximum absolute atomic E-state index is 15.0. The summed E-state index contributed by atoms with van der Waals surface area (Å²) in [5.74, 6) is -1.64. The highest BCUT2D eigenvalue weighted by atomic mass is 127. The van der Waals surface area contributed by atoms with Crippen LogP contribution < -0.4 is 30.7 Å². The second-order valence-electron chi connectivity index (χ2n) is 18.1. The van der Waals surface area contributed by atoms with Crippen molar-refractivity contribution in [2.75, 3.05) is 53.7 Å². The molecule has 76 heavy (non-hydrogen) atoms. The molecule has 1 aliphatic heterocycles. The van der Waals surface area contributed by atoms with E-state index in [4.69, 9.17) is 23.7 Å². The molecular weight excluding hydrogens is 1080 g/mol. The minimum atomic E-state index is -1.21. The van der Waals surface area contributed by atoms with E-state index in [9.17, 15) is 24.0 Å². The van der Waals surface area contributed by atoms with Gasteiger partial charge < -0.3 is 49.9 Å². The van der Waals surface area contributed by atoms with Crippen molar-refractivity contribution in [3.8, 4) is 11.5 Å². The molecule has 0 aromatic heterocycles. The first-order valence-electron chi connectivity index (χ1n) is 25.5.